The number of benzene rings is 2. The highest BCUT2D eigenvalue weighted by Gasteiger charge is 2.09. The fraction of sp³-hybridized carbons (Fsp3) is 0.394. The van der Waals surface area contributed by atoms with Crippen LogP contribution in [0.2, 0.25) is 0 Å². The van der Waals surface area contributed by atoms with Crippen molar-refractivity contribution in [2.45, 2.75) is 73.4 Å². The Labute approximate surface area is 245 Å². The number of para-hydroxylation sites is 2. The first-order valence-corrected chi connectivity index (χ1v) is 14.5. The SMILES string of the molecule is CC(C)CC(C)Nc1cnc(Nc2ccccc2)cn1.Cc1nc(NC(C)CC(C)C)cnc1Nc1ccccc1. The molecule has 2 atom stereocenters. The molecule has 2 heterocycles. The molecule has 0 aliphatic rings. The van der Waals surface area contributed by atoms with Crippen LogP contribution in [0.1, 0.15) is 60.1 Å². The number of nitrogens with zero attached hydrogens (tertiary/aromatic N) is 4. The van der Waals surface area contributed by atoms with Crippen LogP contribution in [0.15, 0.2) is 79.3 Å². The van der Waals surface area contributed by atoms with Crippen LogP contribution in [0.25, 0.3) is 0 Å². The largest absolute Gasteiger partial charge is 0.366 e. The number of rotatable bonds is 12. The van der Waals surface area contributed by atoms with Gasteiger partial charge in [0.1, 0.15) is 17.5 Å². The average molecular weight is 555 g/mol. The molecular weight excluding hydrogens is 508 g/mol. The molecule has 41 heavy (non-hydrogen) atoms. The van der Waals surface area contributed by atoms with Gasteiger partial charge in [0.15, 0.2) is 5.82 Å². The normalized spacial score (nSPS) is 12.2. The second-order valence-corrected chi connectivity index (χ2v) is 11.3. The van der Waals surface area contributed by atoms with Crippen LogP contribution >= 0.6 is 0 Å². The Morgan fingerprint density at radius 1 is 0.561 bits per heavy atom. The van der Waals surface area contributed by atoms with E-state index in [-0.39, 0.29) is 0 Å². The zero-order chi connectivity index (χ0) is 29.6. The monoisotopic (exact) mass is 554 g/mol. The zero-order valence-electron chi connectivity index (χ0n) is 25.5. The van der Waals surface area contributed by atoms with Gasteiger partial charge < -0.3 is 21.3 Å². The molecule has 0 saturated carbocycles. The molecule has 218 valence electrons. The quantitative estimate of drug-likeness (QED) is 0.138. The topological polar surface area (TPSA) is 99.7 Å². The molecular formula is C33H46N8. The van der Waals surface area contributed by atoms with Gasteiger partial charge in [0.2, 0.25) is 0 Å². The third kappa shape index (κ3) is 11.8. The Morgan fingerprint density at radius 2 is 1.02 bits per heavy atom. The van der Waals surface area contributed by atoms with Crippen LogP contribution in [0.5, 0.6) is 0 Å². The van der Waals surface area contributed by atoms with Crippen molar-refractivity contribution in [1.29, 1.82) is 0 Å². The highest BCUT2D eigenvalue weighted by Crippen LogP contribution is 2.19. The van der Waals surface area contributed by atoms with Crippen molar-refractivity contribution in [2.24, 2.45) is 11.8 Å². The molecule has 0 amide bonds. The van der Waals surface area contributed by atoms with Gasteiger partial charge in [-0.05, 0) is 69.7 Å². The minimum absolute atomic E-state index is 0.395. The lowest BCUT2D eigenvalue weighted by Gasteiger charge is -2.17. The summed E-state index contributed by atoms with van der Waals surface area (Å²) in [6, 6.07) is 20.8. The third-order valence-electron chi connectivity index (χ3n) is 6.12. The summed E-state index contributed by atoms with van der Waals surface area (Å²) in [5.74, 6) is 4.53. The van der Waals surface area contributed by atoms with Gasteiger partial charge in [-0.2, -0.15) is 0 Å². The molecule has 0 radical (unpaired) electrons. The molecule has 2 aromatic carbocycles. The van der Waals surface area contributed by atoms with E-state index in [4.69, 9.17) is 0 Å². The van der Waals surface area contributed by atoms with Crippen LogP contribution in [0.4, 0.5) is 34.6 Å². The van der Waals surface area contributed by atoms with Gasteiger partial charge in [0.25, 0.3) is 0 Å². The average Bonchev–Trinajstić information content (AvgIpc) is 2.92. The molecule has 0 saturated heterocycles. The summed E-state index contributed by atoms with van der Waals surface area (Å²) in [5, 5.41) is 13.3. The van der Waals surface area contributed by atoms with Gasteiger partial charge in [-0.25, -0.2) is 19.9 Å². The number of hydrogen-bond acceptors (Lipinski definition) is 8. The minimum Gasteiger partial charge on any atom is -0.366 e. The predicted octanol–water partition coefficient (Wildman–Crippen LogP) is 8.44. The molecule has 0 spiro atoms. The number of hydrogen-bond donors (Lipinski definition) is 4. The first kappa shape index (κ1) is 31.3. The molecule has 8 heteroatoms. The van der Waals surface area contributed by atoms with Crippen LogP contribution < -0.4 is 21.3 Å². The summed E-state index contributed by atoms with van der Waals surface area (Å²) in [4.78, 5) is 17.8. The fourth-order valence-electron chi connectivity index (χ4n) is 4.51. The molecule has 4 rings (SSSR count). The number of aromatic nitrogens is 4. The number of anilines is 6. The van der Waals surface area contributed by atoms with E-state index in [0.29, 0.717) is 23.9 Å². The van der Waals surface area contributed by atoms with Gasteiger partial charge in [-0.15, -0.1) is 0 Å². The minimum atomic E-state index is 0.395. The van der Waals surface area contributed by atoms with Gasteiger partial charge in [-0.3, -0.25) is 0 Å². The Balaban J connectivity index is 0.000000226. The van der Waals surface area contributed by atoms with Crippen molar-refractivity contribution in [3.05, 3.63) is 84.9 Å². The van der Waals surface area contributed by atoms with Crippen molar-refractivity contribution in [1.82, 2.24) is 19.9 Å². The lowest BCUT2D eigenvalue weighted by Crippen LogP contribution is -2.18. The molecule has 2 unspecified atom stereocenters. The standard InChI is InChI=1S/C17H24N4.C16H22N4/c1-12(2)10-13(3)19-16-11-18-17(14(4)20-16)21-15-8-6-5-7-9-15;1-12(2)9-13(3)19-15-10-18-16(11-17-15)20-14-7-5-4-6-8-14/h5-9,11-13H,10H2,1-4H3,(H,18,21)(H,19,20);4-8,10-13H,9H2,1-3H3,(H,17,19)(H,18,20). The van der Waals surface area contributed by atoms with Crippen molar-refractivity contribution < 1.29 is 0 Å². The summed E-state index contributed by atoms with van der Waals surface area (Å²) in [5.41, 5.74) is 2.92. The van der Waals surface area contributed by atoms with Gasteiger partial charge in [0.05, 0.1) is 24.3 Å². The van der Waals surface area contributed by atoms with Gasteiger partial charge in [0, 0.05) is 23.5 Å². The van der Waals surface area contributed by atoms with Gasteiger partial charge >= 0.3 is 0 Å². The highest BCUT2D eigenvalue weighted by molar-refractivity contribution is 5.58. The third-order valence-corrected chi connectivity index (χ3v) is 6.12. The maximum atomic E-state index is 4.58. The maximum Gasteiger partial charge on any atom is 0.152 e. The smallest absolute Gasteiger partial charge is 0.152 e. The fourth-order valence-corrected chi connectivity index (χ4v) is 4.51. The van der Waals surface area contributed by atoms with Crippen molar-refractivity contribution in [2.75, 3.05) is 21.3 Å². The summed E-state index contributed by atoms with van der Waals surface area (Å²) >= 11 is 0. The van der Waals surface area contributed by atoms with Crippen molar-refractivity contribution in [3.63, 3.8) is 0 Å². The molecule has 4 N–H and O–H groups in total. The molecule has 8 nitrogen and oxygen atoms in total. The Bertz CT molecular complexity index is 1280. The summed E-state index contributed by atoms with van der Waals surface area (Å²) in [6.45, 7) is 15.2. The second-order valence-electron chi connectivity index (χ2n) is 11.3. The lowest BCUT2D eigenvalue weighted by molar-refractivity contribution is 0.538. The van der Waals surface area contributed by atoms with E-state index in [1.807, 2.05) is 67.6 Å². The predicted molar refractivity (Wildman–Crippen MR) is 173 cm³/mol. The first-order valence-electron chi connectivity index (χ1n) is 14.5. The van der Waals surface area contributed by atoms with Crippen molar-refractivity contribution >= 4 is 34.6 Å². The molecule has 2 aromatic heterocycles. The van der Waals surface area contributed by atoms with Crippen LogP contribution in [0.3, 0.4) is 0 Å². The van der Waals surface area contributed by atoms with Crippen LogP contribution in [-0.4, -0.2) is 32.0 Å². The molecule has 0 bridgehead atoms. The van der Waals surface area contributed by atoms with E-state index in [2.05, 4.69) is 82.7 Å². The Hall–Kier alpha value is -4.20. The summed E-state index contributed by atoms with van der Waals surface area (Å²) in [7, 11) is 0. The van der Waals surface area contributed by atoms with E-state index >= 15 is 0 Å². The Kier molecular flexibility index (Phi) is 12.3. The summed E-state index contributed by atoms with van der Waals surface area (Å²) in [6.07, 6.45) is 7.53. The van der Waals surface area contributed by atoms with E-state index in [9.17, 15) is 0 Å². The zero-order valence-corrected chi connectivity index (χ0v) is 25.5. The molecule has 0 fully saturated rings. The highest BCUT2D eigenvalue weighted by atomic mass is 15.1. The maximum absolute atomic E-state index is 4.58. The first-order chi connectivity index (χ1) is 19.7. The number of aryl methyl sites for hydroxylation is 1. The van der Waals surface area contributed by atoms with E-state index in [1.165, 1.54) is 0 Å². The van der Waals surface area contributed by atoms with Crippen LogP contribution in [-0.2, 0) is 0 Å². The van der Waals surface area contributed by atoms with E-state index < -0.39 is 0 Å². The van der Waals surface area contributed by atoms with Gasteiger partial charge in [-0.1, -0.05) is 64.1 Å². The van der Waals surface area contributed by atoms with Crippen molar-refractivity contribution in [3.8, 4) is 0 Å². The molecule has 0 aliphatic carbocycles. The second kappa shape index (κ2) is 16.2. The van der Waals surface area contributed by atoms with Crippen LogP contribution in [0, 0.1) is 18.8 Å². The Morgan fingerprint density at radius 3 is 1.51 bits per heavy atom. The molecule has 0 aliphatic heterocycles. The molecule has 4 aromatic rings. The lowest BCUT2D eigenvalue weighted by atomic mass is 10.1. The number of nitrogens with one attached hydrogen (secondary N) is 4. The van der Waals surface area contributed by atoms with E-state index in [0.717, 1.165) is 53.2 Å². The summed E-state index contributed by atoms with van der Waals surface area (Å²) < 4.78 is 0. The van der Waals surface area contributed by atoms with E-state index in [1.54, 1.807) is 18.6 Å².